The van der Waals surface area contributed by atoms with E-state index < -0.39 is 24.3 Å². The molecule has 2 rings (SSSR count). The molecule has 2 aromatic rings. The molecule has 0 saturated heterocycles. The number of benzene rings is 2. The molecule has 144 valence electrons. The number of ether oxygens (including phenoxy) is 2. The van der Waals surface area contributed by atoms with Crippen molar-refractivity contribution in [3.8, 4) is 5.75 Å². The third kappa shape index (κ3) is 6.09. The maximum Gasteiger partial charge on any atom is 0.344 e. The highest BCUT2D eigenvalue weighted by Gasteiger charge is 2.12. The molecule has 0 aliphatic heterocycles. The summed E-state index contributed by atoms with van der Waals surface area (Å²) in [5.41, 5.74) is 3.07. The Kier molecular flexibility index (Phi) is 6.93. The number of hydrogen-bond acceptors (Lipinski definition) is 4. The summed E-state index contributed by atoms with van der Waals surface area (Å²) in [7, 11) is 0. The first-order valence-electron chi connectivity index (χ1n) is 8.71. The summed E-state index contributed by atoms with van der Waals surface area (Å²) in [6, 6.07) is 10.0. The molecule has 5 nitrogen and oxygen atoms in total. The van der Waals surface area contributed by atoms with Gasteiger partial charge in [0.05, 0.1) is 5.69 Å². The highest BCUT2D eigenvalue weighted by molar-refractivity contribution is 5.93. The van der Waals surface area contributed by atoms with Crippen molar-refractivity contribution in [3.05, 3.63) is 58.9 Å². The van der Waals surface area contributed by atoms with Crippen LogP contribution < -0.4 is 10.1 Å². The number of aryl methyl sites for hydroxylation is 2. The highest BCUT2D eigenvalue weighted by atomic mass is 19.1. The number of amides is 1. The van der Waals surface area contributed by atoms with Crippen molar-refractivity contribution in [2.75, 3.05) is 18.5 Å². The lowest BCUT2D eigenvalue weighted by Crippen LogP contribution is -2.24. The smallest absolute Gasteiger partial charge is 0.344 e. The molecule has 2 aromatic carbocycles. The minimum Gasteiger partial charge on any atom is -0.482 e. The van der Waals surface area contributed by atoms with Crippen LogP contribution in [0.1, 0.15) is 36.5 Å². The number of esters is 1. The van der Waals surface area contributed by atoms with Crippen molar-refractivity contribution < 1.29 is 23.5 Å². The Balaban J connectivity index is 1.79. The molecule has 0 aliphatic rings. The van der Waals surface area contributed by atoms with Gasteiger partial charge < -0.3 is 14.8 Å². The first kappa shape index (κ1) is 20.4. The second-order valence-corrected chi connectivity index (χ2v) is 6.65. The quantitative estimate of drug-likeness (QED) is 0.742. The van der Waals surface area contributed by atoms with Crippen molar-refractivity contribution in [2.45, 2.75) is 33.6 Å². The fourth-order valence-electron chi connectivity index (χ4n) is 2.62. The van der Waals surface area contributed by atoms with Crippen LogP contribution in [0.3, 0.4) is 0 Å². The zero-order chi connectivity index (χ0) is 20.0. The van der Waals surface area contributed by atoms with Gasteiger partial charge in [0.15, 0.2) is 13.2 Å². The first-order valence-corrected chi connectivity index (χ1v) is 8.71. The minimum absolute atomic E-state index is 0.0404. The Bertz CT molecular complexity index is 833. The van der Waals surface area contributed by atoms with Gasteiger partial charge in [-0.05, 0) is 60.7 Å². The van der Waals surface area contributed by atoms with E-state index in [9.17, 15) is 14.0 Å². The van der Waals surface area contributed by atoms with Crippen molar-refractivity contribution in [1.82, 2.24) is 0 Å². The largest absolute Gasteiger partial charge is 0.482 e. The summed E-state index contributed by atoms with van der Waals surface area (Å²) in [6.45, 7) is 7.11. The lowest BCUT2D eigenvalue weighted by molar-refractivity contribution is -0.149. The van der Waals surface area contributed by atoms with Gasteiger partial charge in [0, 0.05) is 0 Å². The fourth-order valence-corrected chi connectivity index (χ4v) is 2.62. The Morgan fingerprint density at radius 3 is 2.44 bits per heavy atom. The fraction of sp³-hybridized carbons (Fsp3) is 0.333. The van der Waals surface area contributed by atoms with E-state index in [2.05, 4.69) is 19.2 Å². The van der Waals surface area contributed by atoms with Gasteiger partial charge in [-0.2, -0.15) is 0 Å². The molecule has 0 radical (unpaired) electrons. The Hall–Kier alpha value is -2.89. The van der Waals surface area contributed by atoms with Crippen LogP contribution in [0.25, 0.3) is 0 Å². The molecule has 1 amide bonds. The van der Waals surface area contributed by atoms with Gasteiger partial charge in [-0.15, -0.1) is 0 Å². The topological polar surface area (TPSA) is 64.6 Å². The maximum absolute atomic E-state index is 13.7. The minimum atomic E-state index is -0.680. The Labute approximate surface area is 158 Å². The van der Waals surface area contributed by atoms with Crippen LogP contribution in [0.15, 0.2) is 36.4 Å². The van der Waals surface area contributed by atoms with E-state index in [1.807, 2.05) is 19.1 Å². The van der Waals surface area contributed by atoms with Gasteiger partial charge >= 0.3 is 5.97 Å². The maximum atomic E-state index is 13.7. The molecule has 1 N–H and O–H groups in total. The lowest BCUT2D eigenvalue weighted by atomic mass is 9.98. The Morgan fingerprint density at radius 2 is 1.81 bits per heavy atom. The van der Waals surface area contributed by atoms with Crippen molar-refractivity contribution in [2.24, 2.45) is 0 Å². The van der Waals surface area contributed by atoms with Crippen LogP contribution in [0.5, 0.6) is 5.75 Å². The second-order valence-electron chi connectivity index (χ2n) is 6.65. The van der Waals surface area contributed by atoms with Gasteiger partial charge in [-0.3, -0.25) is 4.79 Å². The molecular weight excluding hydrogens is 349 g/mol. The summed E-state index contributed by atoms with van der Waals surface area (Å²) in [4.78, 5) is 23.5. The molecule has 0 bridgehead atoms. The second kappa shape index (κ2) is 9.16. The van der Waals surface area contributed by atoms with E-state index in [1.165, 1.54) is 17.7 Å². The number of hydrogen-bond donors (Lipinski definition) is 1. The molecule has 6 heteroatoms. The first-order chi connectivity index (χ1) is 12.8. The van der Waals surface area contributed by atoms with Crippen molar-refractivity contribution in [1.29, 1.82) is 0 Å². The van der Waals surface area contributed by atoms with Gasteiger partial charge in [-0.1, -0.05) is 26.0 Å². The molecule has 0 aliphatic carbocycles. The predicted molar refractivity (Wildman–Crippen MR) is 101 cm³/mol. The van der Waals surface area contributed by atoms with Gasteiger partial charge in [0.25, 0.3) is 5.91 Å². The number of halogens is 1. The molecule has 27 heavy (non-hydrogen) atoms. The third-order valence-corrected chi connectivity index (χ3v) is 3.98. The monoisotopic (exact) mass is 373 g/mol. The Morgan fingerprint density at radius 1 is 1.07 bits per heavy atom. The van der Waals surface area contributed by atoms with Gasteiger partial charge in [0.1, 0.15) is 11.6 Å². The van der Waals surface area contributed by atoms with Crippen LogP contribution in [0.4, 0.5) is 10.1 Å². The number of carbonyl (C=O) groups excluding carboxylic acids is 2. The predicted octanol–water partition coefficient (Wildman–Crippen LogP) is 4.13. The summed E-state index contributed by atoms with van der Waals surface area (Å²) < 4.78 is 23.9. The van der Waals surface area contributed by atoms with Crippen LogP contribution in [0, 0.1) is 19.7 Å². The van der Waals surface area contributed by atoms with Crippen LogP contribution in [-0.4, -0.2) is 25.1 Å². The summed E-state index contributed by atoms with van der Waals surface area (Å²) in [5, 5.41) is 2.36. The zero-order valence-electron chi connectivity index (χ0n) is 16.0. The van der Waals surface area contributed by atoms with Crippen LogP contribution in [-0.2, 0) is 14.3 Å². The summed E-state index contributed by atoms with van der Waals surface area (Å²) in [5.74, 6) is -0.887. The van der Waals surface area contributed by atoms with Crippen molar-refractivity contribution in [3.63, 3.8) is 0 Å². The standard InChI is InChI=1S/C21H24FNO4/c1-13(2)17-7-6-16(10-15(17)4)26-12-21(25)27-11-20(24)23-19-8-5-14(3)9-18(19)22/h5-10,13H,11-12H2,1-4H3,(H,23,24). The molecule has 0 unspecified atom stereocenters. The third-order valence-electron chi connectivity index (χ3n) is 3.98. The van der Waals surface area contributed by atoms with Crippen molar-refractivity contribution >= 4 is 17.6 Å². The molecule has 0 aromatic heterocycles. The van der Waals surface area contributed by atoms with Gasteiger partial charge in [0.2, 0.25) is 0 Å². The average molecular weight is 373 g/mol. The van der Waals surface area contributed by atoms with E-state index in [0.29, 0.717) is 11.7 Å². The molecule has 0 saturated carbocycles. The molecular formula is C21H24FNO4. The van der Waals surface area contributed by atoms with E-state index in [4.69, 9.17) is 9.47 Å². The van der Waals surface area contributed by atoms with E-state index >= 15 is 0 Å². The normalized spacial score (nSPS) is 10.6. The highest BCUT2D eigenvalue weighted by Crippen LogP contribution is 2.23. The summed E-state index contributed by atoms with van der Waals surface area (Å²) >= 11 is 0. The van der Waals surface area contributed by atoms with Gasteiger partial charge in [-0.25, -0.2) is 9.18 Å². The lowest BCUT2D eigenvalue weighted by Gasteiger charge is -2.12. The molecule has 0 heterocycles. The number of rotatable bonds is 7. The van der Waals surface area contributed by atoms with E-state index in [1.54, 1.807) is 19.1 Å². The van der Waals surface area contributed by atoms with E-state index in [-0.39, 0.29) is 12.3 Å². The number of anilines is 1. The SMILES string of the molecule is Cc1ccc(NC(=O)COC(=O)COc2ccc(C(C)C)c(C)c2)c(F)c1. The average Bonchev–Trinajstić information content (AvgIpc) is 2.60. The number of carbonyl (C=O) groups is 2. The molecule has 0 fully saturated rings. The summed E-state index contributed by atoms with van der Waals surface area (Å²) in [6.07, 6.45) is 0. The number of nitrogens with one attached hydrogen (secondary N) is 1. The van der Waals surface area contributed by atoms with Crippen LogP contribution in [0.2, 0.25) is 0 Å². The zero-order valence-corrected chi connectivity index (χ0v) is 16.0. The molecule has 0 spiro atoms. The molecule has 0 atom stereocenters. The van der Waals surface area contributed by atoms with Crippen LogP contribution >= 0.6 is 0 Å². The van der Waals surface area contributed by atoms with E-state index in [0.717, 1.165) is 11.1 Å².